The Balaban J connectivity index is 1.92. The quantitative estimate of drug-likeness (QED) is 0.513. The highest BCUT2D eigenvalue weighted by atomic mass is 79.9. The summed E-state index contributed by atoms with van der Waals surface area (Å²) in [5, 5.41) is 2.28. The van der Waals surface area contributed by atoms with E-state index in [1.807, 2.05) is 0 Å². The molecule has 3 rings (SSSR count). The van der Waals surface area contributed by atoms with E-state index in [1.165, 1.54) is 19.2 Å². The van der Waals surface area contributed by atoms with Crippen LogP contribution in [0.2, 0.25) is 0 Å². The van der Waals surface area contributed by atoms with Gasteiger partial charge in [0.05, 0.1) is 12.8 Å². The maximum absolute atomic E-state index is 13.8. The Labute approximate surface area is 180 Å². The second-order valence-electron chi connectivity index (χ2n) is 6.06. The molecule has 0 aromatic heterocycles. The zero-order valence-corrected chi connectivity index (χ0v) is 17.9. The zero-order valence-electron chi connectivity index (χ0n) is 15.4. The lowest BCUT2D eigenvalue weighted by atomic mass is 10.2. The highest BCUT2D eigenvalue weighted by Gasteiger charge is 2.22. The molecule has 0 aliphatic carbocycles. The van der Waals surface area contributed by atoms with Crippen LogP contribution in [0.4, 0.5) is 20.2 Å². The third-order valence-electron chi connectivity index (χ3n) is 3.99. The number of hydrogen-bond donors (Lipinski definition) is 2. The van der Waals surface area contributed by atoms with Gasteiger partial charge in [0.2, 0.25) is 0 Å². The van der Waals surface area contributed by atoms with Crippen LogP contribution in [0.3, 0.4) is 0 Å². The van der Waals surface area contributed by atoms with Crippen LogP contribution in [0.5, 0.6) is 5.75 Å². The van der Waals surface area contributed by atoms with Crippen LogP contribution >= 0.6 is 15.9 Å². The molecule has 1 amide bonds. The van der Waals surface area contributed by atoms with Crippen LogP contribution in [-0.4, -0.2) is 21.4 Å². The molecule has 0 radical (unpaired) electrons. The minimum atomic E-state index is -4.11. The molecule has 0 saturated heterocycles. The van der Waals surface area contributed by atoms with Crippen LogP contribution in [-0.2, 0) is 10.0 Å². The van der Waals surface area contributed by atoms with Gasteiger partial charge in [-0.1, -0.05) is 15.9 Å². The number of anilines is 2. The van der Waals surface area contributed by atoms with Gasteiger partial charge in [-0.3, -0.25) is 9.52 Å². The lowest BCUT2D eigenvalue weighted by Crippen LogP contribution is -2.17. The Morgan fingerprint density at radius 1 is 1.00 bits per heavy atom. The SMILES string of the molecule is COc1ccc(C(=O)Nc2ccc(F)cc2F)cc1S(=O)(=O)Nc1ccc(Br)cc1. The number of halogens is 3. The molecule has 0 saturated carbocycles. The predicted octanol–water partition coefficient (Wildman–Crippen LogP) is 4.79. The van der Waals surface area contributed by atoms with Crippen molar-refractivity contribution in [1.82, 2.24) is 0 Å². The maximum atomic E-state index is 13.8. The first kappa shape index (κ1) is 21.7. The van der Waals surface area contributed by atoms with Crippen molar-refractivity contribution in [2.75, 3.05) is 17.1 Å². The Morgan fingerprint density at radius 3 is 2.33 bits per heavy atom. The van der Waals surface area contributed by atoms with E-state index in [9.17, 15) is 22.0 Å². The van der Waals surface area contributed by atoms with E-state index in [0.717, 1.165) is 22.7 Å². The summed E-state index contributed by atoms with van der Waals surface area (Å²) in [4.78, 5) is 12.2. The van der Waals surface area contributed by atoms with Crippen molar-refractivity contribution >= 4 is 43.2 Å². The molecule has 0 spiro atoms. The molecule has 3 aromatic carbocycles. The number of rotatable bonds is 6. The molecule has 2 N–H and O–H groups in total. The van der Waals surface area contributed by atoms with Gasteiger partial charge < -0.3 is 10.1 Å². The van der Waals surface area contributed by atoms with E-state index < -0.39 is 27.6 Å². The third-order valence-corrected chi connectivity index (χ3v) is 5.92. The third kappa shape index (κ3) is 4.95. The van der Waals surface area contributed by atoms with Crippen LogP contribution in [0.1, 0.15) is 10.4 Å². The van der Waals surface area contributed by atoms with E-state index >= 15 is 0 Å². The highest BCUT2D eigenvalue weighted by molar-refractivity contribution is 9.10. The summed E-state index contributed by atoms with van der Waals surface area (Å²) < 4.78 is 60.8. The van der Waals surface area contributed by atoms with Gasteiger partial charge in [0.1, 0.15) is 22.3 Å². The second-order valence-corrected chi connectivity index (χ2v) is 8.62. The lowest BCUT2D eigenvalue weighted by molar-refractivity contribution is 0.102. The zero-order chi connectivity index (χ0) is 21.9. The molecule has 0 aliphatic rings. The van der Waals surface area contributed by atoms with Gasteiger partial charge in [-0.15, -0.1) is 0 Å². The predicted molar refractivity (Wildman–Crippen MR) is 112 cm³/mol. The normalized spacial score (nSPS) is 11.1. The van der Waals surface area contributed by atoms with E-state index in [0.29, 0.717) is 11.8 Å². The number of carbonyl (C=O) groups is 1. The molecule has 156 valence electrons. The molecule has 0 aliphatic heterocycles. The Kier molecular flexibility index (Phi) is 6.37. The summed E-state index contributed by atoms with van der Waals surface area (Å²) in [5.74, 6) is -2.50. The van der Waals surface area contributed by atoms with Crippen molar-refractivity contribution in [3.05, 3.63) is 82.3 Å². The monoisotopic (exact) mass is 496 g/mol. The van der Waals surface area contributed by atoms with Crippen molar-refractivity contribution in [1.29, 1.82) is 0 Å². The van der Waals surface area contributed by atoms with Crippen LogP contribution in [0.15, 0.2) is 70.0 Å². The van der Waals surface area contributed by atoms with Gasteiger partial charge in [-0.05, 0) is 54.6 Å². The standard InChI is InChI=1S/C20H15BrF2N2O4S/c1-29-18-9-2-12(20(26)24-17-8-5-14(22)11-16(17)23)10-19(18)30(27,28)25-15-6-3-13(21)4-7-15/h2-11,25H,1H3,(H,24,26). The van der Waals surface area contributed by atoms with E-state index in [2.05, 4.69) is 26.0 Å². The molecule has 6 nitrogen and oxygen atoms in total. The van der Waals surface area contributed by atoms with Gasteiger partial charge in [-0.2, -0.15) is 0 Å². The Hall–Kier alpha value is -2.98. The Bertz CT molecular complexity index is 1200. The summed E-state index contributed by atoms with van der Waals surface area (Å²) >= 11 is 3.27. The molecule has 0 atom stereocenters. The summed E-state index contributed by atoms with van der Waals surface area (Å²) in [5.41, 5.74) is 0.00816. The molecule has 30 heavy (non-hydrogen) atoms. The van der Waals surface area contributed by atoms with Crippen molar-refractivity contribution in [3.8, 4) is 5.75 Å². The number of carbonyl (C=O) groups excluding carboxylic acids is 1. The topological polar surface area (TPSA) is 84.5 Å². The number of benzene rings is 3. The summed E-state index contributed by atoms with van der Waals surface area (Å²) in [6.45, 7) is 0. The average molecular weight is 497 g/mol. The van der Waals surface area contributed by atoms with E-state index in [1.54, 1.807) is 24.3 Å². The molecule has 0 bridgehead atoms. The smallest absolute Gasteiger partial charge is 0.265 e. The molecule has 0 unspecified atom stereocenters. The highest BCUT2D eigenvalue weighted by Crippen LogP contribution is 2.28. The van der Waals surface area contributed by atoms with E-state index in [4.69, 9.17) is 4.74 Å². The van der Waals surface area contributed by atoms with Crippen molar-refractivity contribution in [3.63, 3.8) is 0 Å². The van der Waals surface area contributed by atoms with Gasteiger partial charge in [-0.25, -0.2) is 17.2 Å². The number of methoxy groups -OCH3 is 1. The van der Waals surface area contributed by atoms with Gasteiger partial charge in [0.25, 0.3) is 15.9 Å². The minimum absolute atomic E-state index is 0.0177. The maximum Gasteiger partial charge on any atom is 0.265 e. The van der Waals surface area contributed by atoms with Crippen LogP contribution < -0.4 is 14.8 Å². The number of nitrogens with one attached hydrogen (secondary N) is 2. The van der Waals surface area contributed by atoms with Crippen molar-refractivity contribution < 1.29 is 26.7 Å². The first-order valence-corrected chi connectivity index (χ1v) is 10.7. The largest absolute Gasteiger partial charge is 0.495 e. The van der Waals surface area contributed by atoms with Gasteiger partial charge in [0, 0.05) is 21.8 Å². The molecular weight excluding hydrogens is 482 g/mol. The fourth-order valence-corrected chi connectivity index (χ4v) is 4.06. The van der Waals surface area contributed by atoms with Crippen molar-refractivity contribution in [2.45, 2.75) is 4.90 Å². The molecule has 0 fully saturated rings. The van der Waals surface area contributed by atoms with Crippen LogP contribution in [0, 0.1) is 11.6 Å². The minimum Gasteiger partial charge on any atom is -0.495 e. The molecule has 0 heterocycles. The van der Waals surface area contributed by atoms with Gasteiger partial charge in [0.15, 0.2) is 0 Å². The number of hydrogen-bond acceptors (Lipinski definition) is 4. The molecule has 3 aromatic rings. The lowest BCUT2D eigenvalue weighted by Gasteiger charge is -2.13. The summed E-state index contributed by atoms with van der Waals surface area (Å²) in [7, 11) is -2.81. The van der Waals surface area contributed by atoms with Crippen molar-refractivity contribution in [2.24, 2.45) is 0 Å². The first-order chi connectivity index (χ1) is 14.2. The number of ether oxygens (including phenoxy) is 1. The van der Waals surface area contributed by atoms with Gasteiger partial charge >= 0.3 is 0 Å². The van der Waals surface area contributed by atoms with E-state index in [-0.39, 0.29) is 21.9 Å². The second kappa shape index (κ2) is 8.80. The number of amides is 1. The van der Waals surface area contributed by atoms with Crippen LogP contribution in [0.25, 0.3) is 0 Å². The fraction of sp³-hybridized carbons (Fsp3) is 0.0500. The first-order valence-electron chi connectivity index (χ1n) is 8.42. The fourth-order valence-electron chi connectivity index (χ4n) is 2.54. The Morgan fingerprint density at radius 2 is 1.70 bits per heavy atom. The molecule has 10 heteroatoms. The molecular formula is C20H15BrF2N2O4S. The summed E-state index contributed by atoms with van der Waals surface area (Å²) in [6, 6.07) is 12.9. The average Bonchev–Trinajstić information content (AvgIpc) is 2.71. The number of sulfonamides is 1. The summed E-state index contributed by atoms with van der Waals surface area (Å²) in [6.07, 6.45) is 0.